The second kappa shape index (κ2) is 3.70. The molecule has 0 amide bonds. The minimum absolute atomic E-state index is 0.0823. The van der Waals surface area contributed by atoms with Gasteiger partial charge in [-0.05, 0) is 6.92 Å². The molecule has 68 valence electrons. The van der Waals surface area contributed by atoms with E-state index in [-0.39, 0.29) is 12.2 Å². The maximum Gasteiger partial charge on any atom is 0.290 e. The number of hydrogen-bond donors (Lipinski definition) is 0. The van der Waals surface area contributed by atoms with Crippen LogP contribution >= 0.6 is 0 Å². The van der Waals surface area contributed by atoms with E-state index in [9.17, 15) is 15.0 Å². The molecule has 0 saturated carbocycles. The highest BCUT2D eigenvalue weighted by molar-refractivity contribution is 5.37. The third-order valence-corrected chi connectivity index (χ3v) is 1.56. The van der Waals surface area contributed by atoms with Gasteiger partial charge in [0.25, 0.3) is 5.69 Å². The van der Waals surface area contributed by atoms with Crippen LogP contribution in [0.4, 0.5) is 5.69 Å². The minimum Gasteiger partial charge on any atom is -0.258 e. The summed E-state index contributed by atoms with van der Waals surface area (Å²) in [6.07, 6.45) is 1.41. The largest absolute Gasteiger partial charge is 0.290 e. The van der Waals surface area contributed by atoms with Gasteiger partial charge in [0.15, 0.2) is 0 Å². The Labute approximate surface area is 73.7 Å². The molecule has 0 aliphatic rings. The van der Waals surface area contributed by atoms with Crippen molar-refractivity contribution in [1.29, 1.82) is 0 Å². The molecule has 13 heavy (non-hydrogen) atoms. The van der Waals surface area contributed by atoms with Crippen LogP contribution in [0, 0.1) is 21.9 Å². The molecule has 1 aromatic rings. The molecule has 1 rings (SSSR count). The molecular weight excluding hydrogens is 174 g/mol. The zero-order valence-electron chi connectivity index (χ0n) is 6.93. The molecule has 0 radical (unpaired) electrons. The topological polar surface area (TPSA) is 85.5 Å². The van der Waals surface area contributed by atoms with Crippen molar-refractivity contribution in [3.8, 4) is 0 Å². The maximum atomic E-state index is 10.4. The van der Waals surface area contributed by atoms with Gasteiger partial charge >= 0.3 is 0 Å². The standard InChI is InChI=1S/C7H7N3O3/c1-5-7(10(12)13)2-6(3-8-5)4-9-11/h2-3H,4H2,1H3. The molecule has 0 N–H and O–H groups in total. The molecule has 0 atom stereocenters. The van der Waals surface area contributed by atoms with Crippen molar-refractivity contribution in [2.45, 2.75) is 13.5 Å². The Kier molecular flexibility index (Phi) is 2.63. The molecule has 0 bridgehead atoms. The van der Waals surface area contributed by atoms with E-state index in [1.54, 1.807) is 0 Å². The molecule has 0 saturated heterocycles. The average Bonchev–Trinajstić information content (AvgIpc) is 2.08. The highest BCUT2D eigenvalue weighted by Gasteiger charge is 2.11. The zero-order chi connectivity index (χ0) is 9.84. The van der Waals surface area contributed by atoms with Gasteiger partial charge in [-0.3, -0.25) is 15.1 Å². The van der Waals surface area contributed by atoms with Crippen molar-refractivity contribution < 1.29 is 4.92 Å². The summed E-state index contributed by atoms with van der Waals surface area (Å²) in [6.45, 7) is 1.45. The highest BCUT2D eigenvalue weighted by Crippen LogP contribution is 2.16. The third-order valence-electron chi connectivity index (χ3n) is 1.56. The maximum absolute atomic E-state index is 10.4. The summed E-state index contributed by atoms with van der Waals surface area (Å²) >= 11 is 0. The molecule has 1 aromatic heterocycles. The molecule has 1 heterocycles. The molecule has 0 unspecified atom stereocenters. The molecule has 0 aliphatic carbocycles. The monoisotopic (exact) mass is 181 g/mol. The molecule has 0 fully saturated rings. The Morgan fingerprint density at radius 3 is 2.92 bits per heavy atom. The van der Waals surface area contributed by atoms with Crippen LogP contribution in [0.3, 0.4) is 0 Å². The van der Waals surface area contributed by atoms with Crippen LogP contribution in [0.2, 0.25) is 0 Å². The van der Waals surface area contributed by atoms with E-state index in [4.69, 9.17) is 0 Å². The predicted molar refractivity (Wildman–Crippen MR) is 45.1 cm³/mol. The van der Waals surface area contributed by atoms with Gasteiger partial charge in [0.1, 0.15) is 12.2 Å². The van der Waals surface area contributed by atoms with Crippen LogP contribution < -0.4 is 0 Å². The lowest BCUT2D eigenvalue weighted by molar-refractivity contribution is -0.385. The number of aryl methyl sites for hydroxylation is 1. The first-order valence-electron chi connectivity index (χ1n) is 3.54. The van der Waals surface area contributed by atoms with E-state index in [1.807, 2.05) is 0 Å². The van der Waals surface area contributed by atoms with E-state index < -0.39 is 4.92 Å². The van der Waals surface area contributed by atoms with Crippen molar-refractivity contribution in [3.63, 3.8) is 0 Å². The first-order chi connectivity index (χ1) is 6.15. The predicted octanol–water partition coefficient (Wildman–Crippen LogP) is 1.56. The SMILES string of the molecule is Cc1ncc(CN=O)cc1[N+](=O)[O-]. The zero-order valence-corrected chi connectivity index (χ0v) is 6.93. The lowest BCUT2D eigenvalue weighted by atomic mass is 10.2. The Bertz CT molecular complexity index is 351. The molecule has 0 aliphatic heterocycles. The van der Waals surface area contributed by atoms with Gasteiger partial charge in [-0.1, -0.05) is 5.18 Å². The van der Waals surface area contributed by atoms with E-state index >= 15 is 0 Å². The summed E-state index contributed by atoms with van der Waals surface area (Å²) in [6, 6.07) is 1.31. The molecule has 6 nitrogen and oxygen atoms in total. The number of nitro groups is 1. The van der Waals surface area contributed by atoms with Gasteiger partial charge in [0.2, 0.25) is 0 Å². The van der Waals surface area contributed by atoms with Crippen LogP contribution in [0.15, 0.2) is 17.4 Å². The van der Waals surface area contributed by atoms with E-state index in [0.29, 0.717) is 11.3 Å². The molecule has 0 aromatic carbocycles. The van der Waals surface area contributed by atoms with E-state index in [0.717, 1.165) is 0 Å². The van der Waals surface area contributed by atoms with Gasteiger partial charge in [-0.2, -0.15) is 4.91 Å². The fourth-order valence-electron chi connectivity index (χ4n) is 0.909. The van der Waals surface area contributed by atoms with Crippen molar-refractivity contribution in [3.05, 3.63) is 38.5 Å². The first-order valence-corrected chi connectivity index (χ1v) is 3.54. The number of nitroso groups, excluding NO2 is 1. The van der Waals surface area contributed by atoms with Gasteiger partial charge in [0.05, 0.1) is 4.92 Å². The summed E-state index contributed by atoms with van der Waals surface area (Å²) in [5, 5.41) is 13.1. The van der Waals surface area contributed by atoms with Gasteiger partial charge in [0, 0.05) is 17.8 Å². The molecule has 0 spiro atoms. The van der Waals surface area contributed by atoms with Crippen molar-refractivity contribution in [2.75, 3.05) is 0 Å². The number of aromatic nitrogens is 1. The Morgan fingerprint density at radius 2 is 2.38 bits per heavy atom. The fourth-order valence-corrected chi connectivity index (χ4v) is 0.909. The van der Waals surface area contributed by atoms with Crippen LogP contribution in [0.5, 0.6) is 0 Å². The van der Waals surface area contributed by atoms with Crippen LogP contribution in [0.1, 0.15) is 11.3 Å². The van der Waals surface area contributed by atoms with Crippen molar-refractivity contribution in [2.24, 2.45) is 5.18 Å². The second-order valence-corrected chi connectivity index (χ2v) is 2.49. The highest BCUT2D eigenvalue weighted by atomic mass is 16.6. The van der Waals surface area contributed by atoms with Gasteiger partial charge in [-0.25, -0.2) is 0 Å². The Hall–Kier alpha value is -1.85. The van der Waals surface area contributed by atoms with Crippen LogP contribution in [0.25, 0.3) is 0 Å². The third kappa shape index (κ3) is 2.05. The van der Waals surface area contributed by atoms with Crippen molar-refractivity contribution >= 4 is 5.69 Å². The molecule has 6 heteroatoms. The number of rotatable bonds is 3. The van der Waals surface area contributed by atoms with Crippen molar-refractivity contribution in [1.82, 2.24) is 4.98 Å². The van der Waals surface area contributed by atoms with Gasteiger partial charge < -0.3 is 0 Å². The second-order valence-electron chi connectivity index (χ2n) is 2.49. The Balaban J connectivity index is 3.10. The summed E-state index contributed by atoms with van der Waals surface area (Å²) in [4.78, 5) is 23.6. The summed E-state index contributed by atoms with van der Waals surface area (Å²) in [7, 11) is 0. The number of hydrogen-bond acceptors (Lipinski definition) is 5. The summed E-state index contributed by atoms with van der Waals surface area (Å²) in [5.74, 6) is 0. The summed E-state index contributed by atoms with van der Waals surface area (Å²) < 4.78 is 0. The van der Waals surface area contributed by atoms with E-state index in [2.05, 4.69) is 10.2 Å². The van der Waals surface area contributed by atoms with Crippen LogP contribution in [-0.4, -0.2) is 9.91 Å². The molecular formula is C7H7N3O3. The number of nitrogens with zero attached hydrogens (tertiary/aromatic N) is 3. The van der Waals surface area contributed by atoms with Gasteiger partial charge in [-0.15, -0.1) is 0 Å². The first kappa shape index (κ1) is 9.24. The average molecular weight is 181 g/mol. The normalized spacial score (nSPS) is 9.62. The quantitative estimate of drug-likeness (QED) is 0.402. The lowest BCUT2D eigenvalue weighted by Crippen LogP contribution is -1.96. The van der Waals surface area contributed by atoms with Crippen LogP contribution in [-0.2, 0) is 6.54 Å². The minimum atomic E-state index is -0.531. The summed E-state index contributed by atoms with van der Waals surface area (Å²) in [5.41, 5.74) is 0.702. The smallest absolute Gasteiger partial charge is 0.258 e. The lowest BCUT2D eigenvalue weighted by Gasteiger charge is -1.97. The fraction of sp³-hybridized carbons (Fsp3) is 0.286. The number of pyridine rings is 1. The van der Waals surface area contributed by atoms with E-state index in [1.165, 1.54) is 19.2 Å². The Morgan fingerprint density at radius 1 is 1.69 bits per heavy atom.